The van der Waals surface area contributed by atoms with Crippen molar-refractivity contribution in [3.63, 3.8) is 0 Å². The number of hydrogen-bond donors (Lipinski definition) is 3. The second-order valence-electron chi connectivity index (χ2n) is 11.4. The van der Waals surface area contributed by atoms with E-state index in [-0.39, 0.29) is 43.3 Å². The third-order valence-electron chi connectivity index (χ3n) is 5.73. The highest BCUT2D eigenvalue weighted by molar-refractivity contribution is 7.85. The largest absolute Gasteiger partial charge is 0.445 e. The van der Waals surface area contributed by atoms with Crippen molar-refractivity contribution in [2.75, 3.05) is 19.5 Å². The van der Waals surface area contributed by atoms with Gasteiger partial charge < -0.3 is 25.2 Å². The Labute approximate surface area is 238 Å². The average molecular weight is 581 g/mol. The standard InChI is InChI=1S/C15H23NO5S.C14H21NO3/c1-15(2,3)13(11-21-22(4,18)19)16-14(17)20-10-12-8-6-5-7-9-12;1-14(2,3)12(9-16)15-13(17)18-10-11-7-5-4-6-8-11/h5-9,13H,10-11H2,1-4H3,(H,16,17);4-8,12,16H,9-10H2,1-3H3,(H,15,17)/t13-;12-/m11/s1. The van der Waals surface area contributed by atoms with Crippen LogP contribution >= 0.6 is 0 Å². The molecule has 0 saturated heterocycles. The van der Waals surface area contributed by atoms with Gasteiger partial charge in [0.1, 0.15) is 13.2 Å². The first-order valence-electron chi connectivity index (χ1n) is 12.9. The van der Waals surface area contributed by atoms with Crippen LogP contribution in [-0.2, 0) is 37.0 Å². The van der Waals surface area contributed by atoms with E-state index in [1.165, 1.54) is 0 Å². The Hall–Kier alpha value is -3.15. The first kappa shape index (κ1) is 34.9. The Kier molecular flexibility index (Phi) is 14.1. The molecule has 2 amide bonds. The molecule has 0 fully saturated rings. The number of rotatable bonds is 10. The summed E-state index contributed by atoms with van der Waals surface area (Å²) in [6.45, 7) is 11.6. The van der Waals surface area contributed by atoms with Crippen LogP contribution in [0.25, 0.3) is 0 Å². The van der Waals surface area contributed by atoms with Gasteiger partial charge in [0, 0.05) is 0 Å². The van der Waals surface area contributed by atoms with Gasteiger partial charge in [0.25, 0.3) is 10.1 Å². The van der Waals surface area contributed by atoms with Crippen molar-refractivity contribution in [1.29, 1.82) is 0 Å². The molecule has 2 rings (SSSR count). The molecule has 224 valence electrons. The zero-order valence-electron chi connectivity index (χ0n) is 24.5. The molecule has 0 radical (unpaired) electrons. The lowest BCUT2D eigenvalue weighted by molar-refractivity contribution is 0.109. The van der Waals surface area contributed by atoms with Crippen molar-refractivity contribution in [2.24, 2.45) is 10.8 Å². The van der Waals surface area contributed by atoms with Crippen molar-refractivity contribution in [2.45, 2.75) is 66.8 Å². The summed E-state index contributed by atoms with van der Waals surface area (Å²) in [5.41, 5.74) is 1.22. The van der Waals surface area contributed by atoms with Gasteiger partial charge in [-0.05, 0) is 22.0 Å². The predicted molar refractivity (Wildman–Crippen MR) is 154 cm³/mol. The van der Waals surface area contributed by atoms with Crippen molar-refractivity contribution in [1.82, 2.24) is 10.6 Å². The van der Waals surface area contributed by atoms with Gasteiger partial charge in [-0.15, -0.1) is 0 Å². The molecule has 0 aliphatic rings. The van der Waals surface area contributed by atoms with Gasteiger partial charge >= 0.3 is 12.2 Å². The van der Waals surface area contributed by atoms with E-state index < -0.39 is 28.3 Å². The van der Waals surface area contributed by atoms with Crippen molar-refractivity contribution < 1.29 is 36.8 Å². The number of aliphatic hydroxyl groups is 1. The number of alkyl carbamates (subject to hydrolysis) is 2. The molecule has 10 nitrogen and oxygen atoms in total. The van der Waals surface area contributed by atoms with Gasteiger partial charge in [0.05, 0.1) is 31.6 Å². The van der Waals surface area contributed by atoms with Gasteiger partial charge in [-0.2, -0.15) is 8.42 Å². The number of carbonyl (C=O) groups is 2. The van der Waals surface area contributed by atoms with Crippen LogP contribution in [0, 0.1) is 10.8 Å². The summed E-state index contributed by atoms with van der Waals surface area (Å²) in [5, 5.41) is 14.5. The molecule has 0 heterocycles. The summed E-state index contributed by atoms with van der Waals surface area (Å²) in [6.07, 6.45) is -0.144. The van der Waals surface area contributed by atoms with Crippen LogP contribution in [0.15, 0.2) is 60.7 Å². The molecule has 2 aromatic rings. The minimum atomic E-state index is -3.56. The smallest absolute Gasteiger partial charge is 0.407 e. The molecule has 0 saturated carbocycles. The average Bonchev–Trinajstić information content (AvgIpc) is 2.87. The lowest BCUT2D eigenvalue weighted by Gasteiger charge is -2.30. The molecule has 3 N–H and O–H groups in total. The Morgan fingerprint density at radius 1 is 0.750 bits per heavy atom. The van der Waals surface area contributed by atoms with E-state index in [0.29, 0.717) is 0 Å². The van der Waals surface area contributed by atoms with Gasteiger partial charge in [0.2, 0.25) is 0 Å². The highest BCUT2D eigenvalue weighted by Gasteiger charge is 2.28. The van der Waals surface area contributed by atoms with Crippen LogP contribution in [0.1, 0.15) is 52.7 Å². The van der Waals surface area contributed by atoms with E-state index in [2.05, 4.69) is 10.6 Å². The summed E-state index contributed by atoms with van der Waals surface area (Å²) >= 11 is 0. The van der Waals surface area contributed by atoms with Crippen molar-refractivity contribution in [3.05, 3.63) is 71.8 Å². The summed E-state index contributed by atoms with van der Waals surface area (Å²) in [6, 6.07) is 17.9. The number of aliphatic hydroxyl groups excluding tert-OH is 1. The summed E-state index contributed by atoms with van der Waals surface area (Å²) in [5.74, 6) is 0. The molecular weight excluding hydrogens is 536 g/mol. The number of nitrogens with one attached hydrogen (secondary N) is 2. The van der Waals surface area contributed by atoms with Gasteiger partial charge in [-0.1, -0.05) is 102 Å². The zero-order chi connectivity index (χ0) is 30.4. The zero-order valence-corrected chi connectivity index (χ0v) is 25.3. The maximum Gasteiger partial charge on any atom is 0.407 e. The number of amides is 2. The maximum absolute atomic E-state index is 11.9. The van der Waals surface area contributed by atoms with Crippen molar-refractivity contribution in [3.8, 4) is 0 Å². The lowest BCUT2D eigenvalue weighted by Crippen LogP contribution is -2.47. The fraction of sp³-hybridized carbons (Fsp3) is 0.517. The number of carbonyl (C=O) groups excluding carboxylic acids is 2. The summed E-state index contributed by atoms with van der Waals surface area (Å²) in [7, 11) is -3.56. The second-order valence-corrected chi connectivity index (χ2v) is 13.1. The third kappa shape index (κ3) is 15.4. The van der Waals surface area contributed by atoms with E-state index >= 15 is 0 Å². The molecule has 11 heteroatoms. The lowest BCUT2D eigenvalue weighted by atomic mass is 9.87. The number of benzene rings is 2. The van der Waals surface area contributed by atoms with Crippen LogP contribution in [0.2, 0.25) is 0 Å². The monoisotopic (exact) mass is 580 g/mol. The minimum Gasteiger partial charge on any atom is -0.445 e. The molecule has 0 aromatic heterocycles. The molecule has 0 spiro atoms. The van der Waals surface area contributed by atoms with Crippen LogP contribution in [-0.4, -0.2) is 57.3 Å². The first-order valence-corrected chi connectivity index (χ1v) is 14.7. The highest BCUT2D eigenvalue weighted by Crippen LogP contribution is 2.20. The van der Waals surface area contributed by atoms with Gasteiger partial charge in [-0.25, -0.2) is 9.59 Å². The van der Waals surface area contributed by atoms with Crippen LogP contribution in [0.5, 0.6) is 0 Å². The number of ether oxygens (including phenoxy) is 2. The maximum atomic E-state index is 11.9. The molecule has 0 bridgehead atoms. The molecule has 2 atom stereocenters. The van der Waals surface area contributed by atoms with E-state index in [9.17, 15) is 23.1 Å². The number of hydrogen-bond acceptors (Lipinski definition) is 8. The van der Waals surface area contributed by atoms with Crippen LogP contribution in [0.4, 0.5) is 9.59 Å². The van der Waals surface area contributed by atoms with Gasteiger partial charge in [0.15, 0.2) is 0 Å². The Balaban J connectivity index is 0.000000408. The topological polar surface area (TPSA) is 140 Å². The fourth-order valence-electron chi connectivity index (χ4n) is 3.05. The van der Waals surface area contributed by atoms with Crippen LogP contribution < -0.4 is 10.6 Å². The Morgan fingerprint density at radius 2 is 1.12 bits per heavy atom. The normalized spacial score (nSPS) is 13.2. The van der Waals surface area contributed by atoms with Crippen LogP contribution in [0.3, 0.4) is 0 Å². The fourth-order valence-corrected chi connectivity index (χ4v) is 3.43. The third-order valence-corrected chi connectivity index (χ3v) is 6.30. The molecule has 0 aliphatic heterocycles. The predicted octanol–water partition coefficient (Wildman–Crippen LogP) is 4.62. The van der Waals surface area contributed by atoms with E-state index in [1.807, 2.05) is 102 Å². The molecule has 2 aromatic carbocycles. The van der Waals surface area contributed by atoms with E-state index in [4.69, 9.17) is 13.7 Å². The highest BCUT2D eigenvalue weighted by atomic mass is 32.2. The summed E-state index contributed by atoms with van der Waals surface area (Å²) in [4.78, 5) is 23.4. The molecule has 40 heavy (non-hydrogen) atoms. The SMILES string of the molecule is CC(C)(C)[C@@H](CO)NC(=O)OCc1ccccc1.CC(C)(C)[C@@H](COS(C)(=O)=O)NC(=O)OCc1ccccc1. The molecule has 0 aliphatic carbocycles. The Morgan fingerprint density at radius 3 is 1.45 bits per heavy atom. The summed E-state index contributed by atoms with van der Waals surface area (Å²) < 4.78 is 37.2. The molecule has 0 unspecified atom stereocenters. The van der Waals surface area contributed by atoms with Crippen molar-refractivity contribution >= 4 is 22.3 Å². The van der Waals surface area contributed by atoms with Gasteiger partial charge in [-0.3, -0.25) is 4.18 Å². The van der Waals surface area contributed by atoms with E-state index in [0.717, 1.165) is 17.4 Å². The second kappa shape index (κ2) is 16.2. The Bertz CT molecular complexity index is 1130. The van der Waals surface area contributed by atoms with E-state index in [1.54, 1.807) is 0 Å². The minimum absolute atomic E-state index is 0.107. The quantitative estimate of drug-likeness (QED) is 0.346. The first-order chi connectivity index (χ1) is 18.5. The molecular formula is C29H44N2O8S.